The quantitative estimate of drug-likeness (QED) is 0.386. The molecule has 1 atom stereocenters. The van der Waals surface area contributed by atoms with Crippen molar-refractivity contribution < 1.29 is 14.0 Å². The Hall–Kier alpha value is -3.93. The van der Waals surface area contributed by atoms with E-state index in [-0.39, 0.29) is 30.0 Å². The van der Waals surface area contributed by atoms with E-state index >= 15 is 0 Å². The van der Waals surface area contributed by atoms with Crippen LogP contribution in [0.5, 0.6) is 0 Å². The molecule has 1 aromatic heterocycles. The molecule has 0 bridgehead atoms. The lowest BCUT2D eigenvalue weighted by Crippen LogP contribution is -2.50. The second-order valence-electron chi connectivity index (χ2n) is 9.41. The number of para-hydroxylation sites is 1. The summed E-state index contributed by atoms with van der Waals surface area (Å²) in [5.74, 6) is -0.425. The highest BCUT2D eigenvalue weighted by Crippen LogP contribution is 2.36. The molecular weight excluding hydrogens is 453 g/mol. The van der Waals surface area contributed by atoms with Crippen molar-refractivity contribution in [2.45, 2.75) is 25.8 Å². The topological polar surface area (TPSA) is 45.6 Å². The van der Waals surface area contributed by atoms with Gasteiger partial charge >= 0.3 is 0 Å². The van der Waals surface area contributed by atoms with E-state index in [9.17, 15) is 14.0 Å². The minimum Gasteiger partial charge on any atom is -0.343 e. The summed E-state index contributed by atoms with van der Waals surface area (Å²) >= 11 is 0. The molecule has 0 radical (unpaired) electrons. The summed E-state index contributed by atoms with van der Waals surface area (Å²) < 4.78 is 16.0. The van der Waals surface area contributed by atoms with Crippen LogP contribution < -0.4 is 0 Å². The minimum atomic E-state index is -0.296. The largest absolute Gasteiger partial charge is 0.343 e. The second kappa shape index (κ2) is 10.4. The van der Waals surface area contributed by atoms with Gasteiger partial charge in [0, 0.05) is 69.1 Å². The molecule has 2 amide bonds. The lowest BCUT2D eigenvalue weighted by molar-refractivity contribution is -0.138. The molecular formula is C30H30FN3O2. The Kier molecular flexibility index (Phi) is 6.85. The van der Waals surface area contributed by atoms with Gasteiger partial charge in [-0.15, -0.1) is 0 Å². The number of nitrogens with zero attached hydrogens (tertiary/aromatic N) is 3. The molecule has 0 N–H and O–H groups in total. The number of benzene rings is 3. The average molecular weight is 484 g/mol. The highest BCUT2D eigenvalue weighted by atomic mass is 19.1. The van der Waals surface area contributed by atoms with Crippen LogP contribution in [0.2, 0.25) is 0 Å². The number of rotatable bonds is 6. The van der Waals surface area contributed by atoms with Gasteiger partial charge in [0.25, 0.3) is 0 Å². The fraction of sp³-hybridized carbons (Fsp3) is 0.267. The molecule has 1 saturated heterocycles. The summed E-state index contributed by atoms with van der Waals surface area (Å²) in [7, 11) is 0. The maximum Gasteiger partial charge on any atom is 0.223 e. The average Bonchev–Trinajstić information content (AvgIpc) is 3.26. The van der Waals surface area contributed by atoms with Crippen molar-refractivity contribution in [3.05, 3.63) is 108 Å². The van der Waals surface area contributed by atoms with Crippen LogP contribution in [0.4, 0.5) is 4.39 Å². The van der Waals surface area contributed by atoms with Crippen molar-refractivity contribution in [3.8, 4) is 0 Å². The molecule has 5 nitrogen and oxygen atoms in total. The van der Waals surface area contributed by atoms with Gasteiger partial charge in [0.05, 0.1) is 0 Å². The van der Waals surface area contributed by atoms with Gasteiger partial charge in [0.1, 0.15) is 5.82 Å². The summed E-state index contributed by atoms with van der Waals surface area (Å²) in [4.78, 5) is 28.8. The Morgan fingerprint density at radius 3 is 2.17 bits per heavy atom. The third-order valence-corrected chi connectivity index (χ3v) is 7.12. The first kappa shape index (κ1) is 23.8. The third-order valence-electron chi connectivity index (χ3n) is 7.12. The zero-order valence-corrected chi connectivity index (χ0v) is 20.4. The van der Waals surface area contributed by atoms with E-state index in [1.165, 1.54) is 17.7 Å². The first-order valence-electron chi connectivity index (χ1n) is 12.4. The highest BCUT2D eigenvalue weighted by Gasteiger charge is 2.28. The van der Waals surface area contributed by atoms with E-state index in [1.54, 1.807) is 24.0 Å². The van der Waals surface area contributed by atoms with Crippen LogP contribution in [0.25, 0.3) is 10.9 Å². The summed E-state index contributed by atoms with van der Waals surface area (Å²) in [6.07, 6.45) is 2.43. The van der Waals surface area contributed by atoms with E-state index < -0.39 is 0 Å². The minimum absolute atomic E-state index is 0.0394. The van der Waals surface area contributed by atoms with E-state index in [0.29, 0.717) is 26.2 Å². The number of amides is 2. The van der Waals surface area contributed by atoms with Crippen LogP contribution in [-0.2, 0) is 16.1 Å². The predicted octanol–water partition coefficient (Wildman–Crippen LogP) is 5.04. The van der Waals surface area contributed by atoms with E-state index in [1.807, 2.05) is 35.2 Å². The normalized spacial score (nSPS) is 14.7. The van der Waals surface area contributed by atoms with E-state index in [2.05, 4.69) is 35.0 Å². The molecule has 6 heteroatoms. The molecule has 3 aromatic carbocycles. The van der Waals surface area contributed by atoms with Crippen molar-refractivity contribution in [2.75, 3.05) is 26.2 Å². The summed E-state index contributed by atoms with van der Waals surface area (Å²) in [6.45, 7) is 4.46. The molecule has 0 aliphatic carbocycles. The Morgan fingerprint density at radius 2 is 1.47 bits per heavy atom. The zero-order valence-electron chi connectivity index (χ0n) is 20.4. The molecule has 1 aliphatic rings. The third kappa shape index (κ3) is 5.03. The number of piperazine rings is 1. The Morgan fingerprint density at radius 1 is 0.833 bits per heavy atom. The lowest BCUT2D eigenvalue weighted by Gasteiger charge is -2.35. The molecule has 1 aliphatic heterocycles. The van der Waals surface area contributed by atoms with Gasteiger partial charge in [0.2, 0.25) is 11.8 Å². The molecule has 2 heterocycles. The smallest absolute Gasteiger partial charge is 0.223 e. The summed E-state index contributed by atoms with van der Waals surface area (Å²) in [6, 6.07) is 25.0. The van der Waals surface area contributed by atoms with Gasteiger partial charge in [-0.3, -0.25) is 9.59 Å². The van der Waals surface area contributed by atoms with Gasteiger partial charge in [-0.05, 0) is 34.9 Å². The molecule has 184 valence electrons. The van der Waals surface area contributed by atoms with Gasteiger partial charge in [-0.2, -0.15) is 0 Å². The highest BCUT2D eigenvalue weighted by molar-refractivity contribution is 5.87. The molecule has 5 rings (SSSR count). The van der Waals surface area contributed by atoms with Gasteiger partial charge in [-0.1, -0.05) is 60.7 Å². The van der Waals surface area contributed by atoms with Crippen molar-refractivity contribution in [1.29, 1.82) is 0 Å². The van der Waals surface area contributed by atoms with Crippen molar-refractivity contribution in [1.82, 2.24) is 14.4 Å². The van der Waals surface area contributed by atoms with Crippen LogP contribution in [-0.4, -0.2) is 52.4 Å². The monoisotopic (exact) mass is 483 g/mol. The lowest BCUT2D eigenvalue weighted by atomic mass is 9.87. The number of hydrogen-bond donors (Lipinski definition) is 0. The van der Waals surface area contributed by atoms with Crippen LogP contribution >= 0.6 is 0 Å². The SMILES string of the molecule is CC(=O)N1CCN(C(=O)CC(c2ccc(F)cc2)c2cn(Cc3ccccc3)c3ccccc23)CC1. The van der Waals surface area contributed by atoms with Crippen LogP contribution in [0.15, 0.2) is 85.1 Å². The fourth-order valence-electron chi connectivity index (χ4n) is 5.14. The Bertz CT molecular complexity index is 1360. The number of hydrogen-bond acceptors (Lipinski definition) is 2. The summed E-state index contributed by atoms with van der Waals surface area (Å²) in [5.41, 5.74) is 4.27. The standard InChI is InChI=1S/C30H30FN3O2/c1-22(35)32-15-17-33(18-16-32)30(36)19-27(24-11-13-25(31)14-12-24)28-21-34(20-23-7-3-2-4-8-23)29-10-6-5-9-26(28)29/h2-14,21,27H,15-20H2,1H3. The molecule has 0 spiro atoms. The molecule has 0 saturated carbocycles. The van der Waals surface area contributed by atoms with Gasteiger partial charge in [0.15, 0.2) is 0 Å². The first-order chi connectivity index (χ1) is 17.5. The van der Waals surface area contributed by atoms with Crippen LogP contribution in [0.3, 0.4) is 0 Å². The number of aromatic nitrogens is 1. The Labute approximate surface area is 210 Å². The molecule has 1 unspecified atom stereocenters. The second-order valence-corrected chi connectivity index (χ2v) is 9.41. The molecule has 36 heavy (non-hydrogen) atoms. The maximum absolute atomic E-state index is 13.8. The Balaban J connectivity index is 1.49. The van der Waals surface area contributed by atoms with Crippen LogP contribution in [0, 0.1) is 5.82 Å². The van der Waals surface area contributed by atoms with Crippen LogP contribution in [0.1, 0.15) is 36.0 Å². The van der Waals surface area contributed by atoms with E-state index in [0.717, 1.165) is 28.6 Å². The van der Waals surface area contributed by atoms with Gasteiger partial charge in [-0.25, -0.2) is 4.39 Å². The summed E-state index contributed by atoms with van der Waals surface area (Å²) in [5, 5.41) is 1.09. The first-order valence-corrected chi connectivity index (χ1v) is 12.4. The number of fused-ring (bicyclic) bond motifs is 1. The van der Waals surface area contributed by atoms with Gasteiger partial charge < -0.3 is 14.4 Å². The fourth-order valence-corrected chi connectivity index (χ4v) is 5.14. The number of halogens is 1. The molecule has 4 aromatic rings. The number of carbonyl (C=O) groups is 2. The zero-order chi connectivity index (χ0) is 25.1. The molecule has 1 fully saturated rings. The maximum atomic E-state index is 13.8. The van der Waals surface area contributed by atoms with Crippen molar-refractivity contribution >= 4 is 22.7 Å². The van der Waals surface area contributed by atoms with Crippen molar-refractivity contribution in [2.24, 2.45) is 0 Å². The number of carbonyl (C=O) groups excluding carboxylic acids is 2. The van der Waals surface area contributed by atoms with Crippen molar-refractivity contribution in [3.63, 3.8) is 0 Å². The predicted molar refractivity (Wildman–Crippen MR) is 139 cm³/mol. The van der Waals surface area contributed by atoms with E-state index in [4.69, 9.17) is 0 Å².